The standard InChI is InChI=1S/C10H10F2N2O4/c1-5(10(15)18-2)13-9-7(12)3-6(11)4-8(9)14(16)17/h3-5,13H,1-2H3. The van der Waals surface area contributed by atoms with Gasteiger partial charge in [0.25, 0.3) is 5.69 Å². The number of hydrogen-bond acceptors (Lipinski definition) is 5. The summed E-state index contributed by atoms with van der Waals surface area (Å²) in [5.41, 5.74) is -1.34. The van der Waals surface area contributed by atoms with Crippen molar-refractivity contribution in [3.63, 3.8) is 0 Å². The van der Waals surface area contributed by atoms with E-state index in [1.54, 1.807) is 0 Å². The van der Waals surface area contributed by atoms with Gasteiger partial charge in [0.15, 0.2) is 11.5 Å². The van der Waals surface area contributed by atoms with Crippen LogP contribution in [0, 0.1) is 21.7 Å². The van der Waals surface area contributed by atoms with Crippen molar-refractivity contribution in [1.29, 1.82) is 0 Å². The second-order valence-electron chi connectivity index (χ2n) is 3.43. The van der Waals surface area contributed by atoms with Gasteiger partial charge < -0.3 is 10.1 Å². The van der Waals surface area contributed by atoms with Crippen LogP contribution < -0.4 is 5.32 Å². The van der Waals surface area contributed by atoms with Gasteiger partial charge in [-0.3, -0.25) is 10.1 Å². The van der Waals surface area contributed by atoms with Crippen molar-refractivity contribution in [2.24, 2.45) is 0 Å². The van der Waals surface area contributed by atoms with E-state index in [2.05, 4.69) is 10.1 Å². The molecule has 1 unspecified atom stereocenters. The molecule has 1 rings (SSSR count). The fourth-order valence-electron chi connectivity index (χ4n) is 1.30. The number of benzene rings is 1. The lowest BCUT2D eigenvalue weighted by Gasteiger charge is -2.13. The normalized spacial score (nSPS) is 11.8. The molecule has 1 N–H and O–H groups in total. The van der Waals surface area contributed by atoms with Gasteiger partial charge >= 0.3 is 5.97 Å². The molecule has 98 valence electrons. The van der Waals surface area contributed by atoms with E-state index in [4.69, 9.17) is 0 Å². The number of nitrogens with zero attached hydrogens (tertiary/aromatic N) is 1. The van der Waals surface area contributed by atoms with E-state index in [0.717, 1.165) is 7.11 Å². The van der Waals surface area contributed by atoms with Crippen molar-refractivity contribution in [2.75, 3.05) is 12.4 Å². The van der Waals surface area contributed by atoms with Crippen LogP contribution in [-0.2, 0) is 9.53 Å². The molecule has 6 nitrogen and oxygen atoms in total. The maximum atomic E-state index is 13.4. The predicted molar refractivity (Wildman–Crippen MR) is 58.1 cm³/mol. The molecule has 0 radical (unpaired) electrons. The van der Waals surface area contributed by atoms with E-state index in [1.807, 2.05) is 0 Å². The first-order valence-electron chi connectivity index (χ1n) is 4.84. The molecular formula is C10H10F2N2O4. The Morgan fingerprint density at radius 3 is 2.61 bits per heavy atom. The fraction of sp³-hybridized carbons (Fsp3) is 0.300. The smallest absolute Gasteiger partial charge is 0.327 e. The van der Waals surface area contributed by atoms with Crippen LogP contribution in [0.25, 0.3) is 0 Å². The molecule has 0 aliphatic carbocycles. The third kappa shape index (κ3) is 2.90. The first-order chi connectivity index (χ1) is 8.36. The molecule has 1 aromatic rings. The van der Waals surface area contributed by atoms with E-state index in [9.17, 15) is 23.7 Å². The van der Waals surface area contributed by atoms with E-state index < -0.39 is 39.9 Å². The summed E-state index contributed by atoms with van der Waals surface area (Å²) in [6.07, 6.45) is 0. The molecule has 0 bridgehead atoms. The van der Waals surface area contributed by atoms with Crippen molar-refractivity contribution in [3.05, 3.63) is 33.9 Å². The molecule has 1 atom stereocenters. The molecule has 0 aliphatic heterocycles. The summed E-state index contributed by atoms with van der Waals surface area (Å²) < 4.78 is 30.7. The number of esters is 1. The highest BCUT2D eigenvalue weighted by molar-refractivity contribution is 5.80. The summed E-state index contributed by atoms with van der Waals surface area (Å²) in [4.78, 5) is 20.8. The highest BCUT2D eigenvalue weighted by Crippen LogP contribution is 2.29. The number of carbonyl (C=O) groups excluding carboxylic acids is 1. The zero-order chi connectivity index (χ0) is 13.9. The minimum atomic E-state index is -1.16. The number of nitro groups is 1. The molecular weight excluding hydrogens is 250 g/mol. The highest BCUT2D eigenvalue weighted by Gasteiger charge is 2.24. The van der Waals surface area contributed by atoms with E-state index in [1.165, 1.54) is 6.92 Å². The molecule has 1 aromatic carbocycles. The molecule has 0 fully saturated rings. The van der Waals surface area contributed by atoms with Crippen LogP contribution >= 0.6 is 0 Å². The molecule has 0 saturated carbocycles. The molecule has 8 heteroatoms. The third-order valence-electron chi connectivity index (χ3n) is 2.15. The van der Waals surface area contributed by atoms with Crippen LogP contribution in [-0.4, -0.2) is 24.0 Å². The van der Waals surface area contributed by atoms with Crippen molar-refractivity contribution in [2.45, 2.75) is 13.0 Å². The summed E-state index contributed by atoms with van der Waals surface area (Å²) in [7, 11) is 1.12. The molecule has 0 aromatic heterocycles. The lowest BCUT2D eigenvalue weighted by atomic mass is 10.2. The number of methoxy groups -OCH3 is 1. The summed E-state index contributed by atoms with van der Waals surface area (Å²) in [6, 6.07) is 0.0445. The average Bonchev–Trinajstić information content (AvgIpc) is 2.30. The number of hydrogen-bond donors (Lipinski definition) is 1. The number of rotatable bonds is 4. The number of nitro benzene ring substituents is 1. The summed E-state index contributed by atoms with van der Waals surface area (Å²) >= 11 is 0. The largest absolute Gasteiger partial charge is 0.467 e. The molecule has 0 heterocycles. The Morgan fingerprint density at radius 1 is 1.50 bits per heavy atom. The number of ether oxygens (including phenoxy) is 1. The molecule has 0 aliphatic rings. The summed E-state index contributed by atoms with van der Waals surface area (Å²) in [5.74, 6) is -2.96. The first-order valence-corrected chi connectivity index (χ1v) is 4.84. The van der Waals surface area contributed by atoms with Crippen LogP contribution in [0.3, 0.4) is 0 Å². The first kappa shape index (κ1) is 13.8. The lowest BCUT2D eigenvalue weighted by molar-refractivity contribution is -0.384. The second kappa shape index (κ2) is 5.39. The average molecular weight is 260 g/mol. The Bertz CT molecular complexity index is 493. The minimum absolute atomic E-state index is 0.485. The number of carbonyl (C=O) groups is 1. The van der Waals surface area contributed by atoms with Crippen LogP contribution in [0.15, 0.2) is 12.1 Å². The van der Waals surface area contributed by atoms with Crippen molar-refractivity contribution < 1.29 is 23.2 Å². The second-order valence-corrected chi connectivity index (χ2v) is 3.43. The molecule has 0 saturated heterocycles. The summed E-state index contributed by atoms with van der Waals surface area (Å²) in [5, 5.41) is 12.9. The zero-order valence-corrected chi connectivity index (χ0v) is 9.57. The van der Waals surface area contributed by atoms with Gasteiger partial charge in [-0.15, -0.1) is 0 Å². The Hall–Kier alpha value is -2.25. The number of nitrogens with one attached hydrogen (secondary N) is 1. The van der Waals surface area contributed by atoms with Crippen LogP contribution in [0.1, 0.15) is 6.92 Å². The van der Waals surface area contributed by atoms with E-state index in [-0.39, 0.29) is 0 Å². The Labute approximate surface area is 101 Å². The van der Waals surface area contributed by atoms with Gasteiger partial charge in [0.1, 0.15) is 11.9 Å². The van der Waals surface area contributed by atoms with Crippen molar-refractivity contribution in [1.82, 2.24) is 0 Å². The quantitative estimate of drug-likeness (QED) is 0.507. The minimum Gasteiger partial charge on any atom is -0.467 e. The van der Waals surface area contributed by atoms with Crippen molar-refractivity contribution >= 4 is 17.3 Å². The van der Waals surface area contributed by atoms with Gasteiger partial charge in [0, 0.05) is 6.07 Å². The fourth-order valence-corrected chi connectivity index (χ4v) is 1.30. The van der Waals surface area contributed by atoms with Crippen LogP contribution in [0.5, 0.6) is 0 Å². The zero-order valence-electron chi connectivity index (χ0n) is 9.57. The number of halogens is 2. The van der Waals surface area contributed by atoms with Gasteiger partial charge in [0.05, 0.1) is 18.1 Å². The predicted octanol–water partition coefficient (Wildman–Crippen LogP) is 1.85. The van der Waals surface area contributed by atoms with Gasteiger partial charge in [0.2, 0.25) is 0 Å². The van der Waals surface area contributed by atoms with Gasteiger partial charge in [-0.25, -0.2) is 13.6 Å². The maximum Gasteiger partial charge on any atom is 0.327 e. The van der Waals surface area contributed by atoms with E-state index in [0.29, 0.717) is 12.1 Å². The molecule has 18 heavy (non-hydrogen) atoms. The Balaban J connectivity index is 3.15. The molecule has 0 amide bonds. The Kier molecular flexibility index (Phi) is 4.13. The highest BCUT2D eigenvalue weighted by atomic mass is 19.1. The summed E-state index contributed by atoms with van der Waals surface area (Å²) in [6.45, 7) is 1.33. The van der Waals surface area contributed by atoms with Crippen molar-refractivity contribution in [3.8, 4) is 0 Å². The maximum absolute atomic E-state index is 13.4. The SMILES string of the molecule is COC(=O)C(C)Nc1c(F)cc(F)cc1[N+](=O)[O-]. The third-order valence-corrected chi connectivity index (χ3v) is 2.15. The van der Waals surface area contributed by atoms with Gasteiger partial charge in [-0.05, 0) is 6.92 Å². The Morgan fingerprint density at radius 2 is 2.11 bits per heavy atom. The monoisotopic (exact) mass is 260 g/mol. The van der Waals surface area contributed by atoms with E-state index >= 15 is 0 Å². The van der Waals surface area contributed by atoms with Gasteiger partial charge in [-0.1, -0.05) is 0 Å². The topological polar surface area (TPSA) is 81.5 Å². The van der Waals surface area contributed by atoms with Gasteiger partial charge in [-0.2, -0.15) is 0 Å². The number of anilines is 1. The van der Waals surface area contributed by atoms with Crippen LogP contribution in [0.2, 0.25) is 0 Å². The lowest BCUT2D eigenvalue weighted by Crippen LogP contribution is -2.28. The molecule has 0 spiro atoms. The van der Waals surface area contributed by atoms with Crippen LogP contribution in [0.4, 0.5) is 20.2 Å².